The molecule has 0 bridgehead atoms. The van der Waals surface area contributed by atoms with Crippen molar-refractivity contribution in [2.45, 2.75) is 117 Å². The second-order valence-corrected chi connectivity index (χ2v) is 9.33. The number of piperidine rings is 2. The maximum absolute atomic E-state index is 11.2. The predicted molar refractivity (Wildman–Crippen MR) is 128 cm³/mol. The molecule has 2 saturated heterocycles. The van der Waals surface area contributed by atoms with Crippen LogP contribution in [0.1, 0.15) is 117 Å². The lowest BCUT2D eigenvalue weighted by atomic mass is 10.1. The average Bonchev–Trinajstić information content (AvgIpc) is 2.75. The van der Waals surface area contributed by atoms with Crippen LogP contribution in [0.4, 0.5) is 0 Å². The number of carbonyl (C=O) groups is 2. The van der Waals surface area contributed by atoms with Crippen LogP contribution in [0, 0.1) is 0 Å². The van der Waals surface area contributed by atoms with Crippen LogP contribution < -0.4 is 0 Å². The molecule has 176 valence electrons. The highest BCUT2D eigenvalue weighted by atomic mass is 16.1. The van der Waals surface area contributed by atoms with E-state index in [0.29, 0.717) is 11.6 Å². The van der Waals surface area contributed by atoms with Gasteiger partial charge in [0.05, 0.1) is 6.54 Å². The Morgan fingerprint density at radius 1 is 0.567 bits per heavy atom. The molecule has 0 N–H and O–H groups in total. The van der Waals surface area contributed by atoms with Crippen LogP contribution in [0.5, 0.6) is 0 Å². The first-order chi connectivity index (χ1) is 14.7. The van der Waals surface area contributed by atoms with E-state index < -0.39 is 0 Å². The van der Waals surface area contributed by atoms with Gasteiger partial charge in [-0.3, -0.25) is 14.5 Å². The molecule has 0 aliphatic carbocycles. The van der Waals surface area contributed by atoms with Gasteiger partial charge < -0.3 is 4.90 Å². The second-order valence-electron chi connectivity index (χ2n) is 9.33. The molecule has 4 nitrogen and oxygen atoms in total. The fourth-order valence-corrected chi connectivity index (χ4v) is 4.36. The van der Waals surface area contributed by atoms with Crippen LogP contribution in [0.15, 0.2) is 0 Å². The van der Waals surface area contributed by atoms with E-state index in [4.69, 9.17) is 0 Å². The normalized spacial score (nSPS) is 18.3. The van der Waals surface area contributed by atoms with Crippen molar-refractivity contribution in [3.05, 3.63) is 0 Å². The van der Waals surface area contributed by atoms with Crippen LogP contribution in [0.25, 0.3) is 0 Å². The lowest BCUT2D eigenvalue weighted by molar-refractivity contribution is -0.122. The van der Waals surface area contributed by atoms with Crippen molar-refractivity contribution in [2.24, 2.45) is 0 Å². The van der Waals surface area contributed by atoms with Gasteiger partial charge in [0.25, 0.3) is 0 Å². The molecule has 0 unspecified atom stereocenters. The maximum Gasteiger partial charge on any atom is 0.146 e. The lowest BCUT2D eigenvalue weighted by Gasteiger charge is -2.25. The van der Waals surface area contributed by atoms with E-state index in [1.807, 2.05) is 0 Å². The van der Waals surface area contributed by atoms with E-state index in [1.54, 1.807) is 0 Å². The molecule has 0 amide bonds. The number of nitrogens with zero attached hydrogens (tertiary/aromatic N) is 2. The Labute approximate surface area is 187 Å². The molecule has 0 saturated carbocycles. The number of ketones is 2. The molecule has 0 radical (unpaired) electrons. The molecule has 0 spiro atoms. The van der Waals surface area contributed by atoms with Crippen molar-refractivity contribution in [1.82, 2.24) is 9.80 Å². The summed E-state index contributed by atoms with van der Waals surface area (Å²) in [5.74, 6) is 0.890. The van der Waals surface area contributed by atoms with Crippen LogP contribution in [-0.4, -0.2) is 60.6 Å². The zero-order valence-electron chi connectivity index (χ0n) is 20.3. The number of Topliss-reactive ketones (excluding diaryl/α,β-unsaturated/α-hetero) is 2. The quantitative estimate of drug-likeness (QED) is 0.321. The van der Waals surface area contributed by atoms with Gasteiger partial charge >= 0.3 is 0 Å². The fourth-order valence-electron chi connectivity index (χ4n) is 4.36. The first-order valence-electron chi connectivity index (χ1n) is 13.1. The molecule has 2 aliphatic rings. The number of hydrogen-bond acceptors (Lipinski definition) is 4. The first-order valence-corrected chi connectivity index (χ1v) is 13.1. The van der Waals surface area contributed by atoms with Crippen LogP contribution >= 0.6 is 0 Å². The number of carbonyl (C=O) groups excluding carboxylic acids is 2. The molecular weight excluding hydrogens is 372 g/mol. The Balaban J connectivity index is 0.000000300. The molecule has 2 heterocycles. The zero-order valence-corrected chi connectivity index (χ0v) is 20.3. The highest BCUT2D eigenvalue weighted by molar-refractivity contribution is 5.81. The van der Waals surface area contributed by atoms with Gasteiger partial charge in [0.2, 0.25) is 0 Å². The van der Waals surface area contributed by atoms with Crippen molar-refractivity contribution in [2.75, 3.05) is 39.3 Å². The molecule has 2 fully saturated rings. The van der Waals surface area contributed by atoms with E-state index in [2.05, 4.69) is 23.6 Å². The van der Waals surface area contributed by atoms with Crippen molar-refractivity contribution in [1.29, 1.82) is 0 Å². The van der Waals surface area contributed by atoms with E-state index >= 15 is 0 Å². The Morgan fingerprint density at radius 3 is 1.60 bits per heavy atom. The summed E-state index contributed by atoms with van der Waals surface area (Å²) in [6.07, 6.45) is 19.7. The van der Waals surface area contributed by atoms with Crippen molar-refractivity contribution >= 4 is 11.6 Å². The third-order valence-electron chi connectivity index (χ3n) is 6.40. The van der Waals surface area contributed by atoms with Gasteiger partial charge in [0.15, 0.2) is 0 Å². The van der Waals surface area contributed by atoms with Gasteiger partial charge in [0.1, 0.15) is 11.6 Å². The number of likely N-dealkylation sites (tertiary alicyclic amines) is 2. The highest BCUT2D eigenvalue weighted by Crippen LogP contribution is 2.10. The summed E-state index contributed by atoms with van der Waals surface area (Å²) in [4.78, 5) is 27.0. The molecule has 0 atom stereocenters. The molecular formula is C26H50N2O2. The summed E-state index contributed by atoms with van der Waals surface area (Å²) in [5.41, 5.74) is 0. The molecule has 0 aromatic carbocycles. The minimum absolute atomic E-state index is 0.437. The highest BCUT2D eigenvalue weighted by Gasteiger charge is 2.16. The monoisotopic (exact) mass is 422 g/mol. The fraction of sp³-hybridized carbons (Fsp3) is 0.923. The third kappa shape index (κ3) is 15.1. The third-order valence-corrected chi connectivity index (χ3v) is 6.40. The number of unbranched alkanes of at least 4 members (excludes halogenated alkanes) is 10. The molecule has 4 heteroatoms. The lowest BCUT2D eigenvalue weighted by Crippen LogP contribution is -2.36. The average molecular weight is 423 g/mol. The predicted octanol–water partition coefficient (Wildman–Crippen LogP) is 6.02. The largest absolute Gasteiger partial charge is 0.302 e. The topological polar surface area (TPSA) is 40.6 Å². The first kappa shape index (κ1) is 27.3. The maximum atomic E-state index is 11.2. The summed E-state index contributed by atoms with van der Waals surface area (Å²) in [6, 6.07) is 0. The van der Waals surface area contributed by atoms with Crippen LogP contribution in [0.2, 0.25) is 0 Å². The van der Waals surface area contributed by atoms with Gasteiger partial charge in [-0.1, -0.05) is 78.1 Å². The minimum Gasteiger partial charge on any atom is -0.302 e. The molecule has 30 heavy (non-hydrogen) atoms. The van der Waals surface area contributed by atoms with Gasteiger partial charge in [-0.2, -0.15) is 0 Å². The van der Waals surface area contributed by atoms with Crippen LogP contribution in [-0.2, 0) is 9.59 Å². The van der Waals surface area contributed by atoms with Gasteiger partial charge in [-0.15, -0.1) is 0 Å². The van der Waals surface area contributed by atoms with Crippen molar-refractivity contribution in [3.63, 3.8) is 0 Å². The Hall–Kier alpha value is -0.740. The van der Waals surface area contributed by atoms with Crippen molar-refractivity contribution in [3.8, 4) is 0 Å². The zero-order chi connectivity index (χ0) is 21.9. The number of hydrogen-bond donors (Lipinski definition) is 0. The smallest absolute Gasteiger partial charge is 0.146 e. The van der Waals surface area contributed by atoms with Gasteiger partial charge in [-0.05, 0) is 38.9 Å². The Kier molecular flexibility index (Phi) is 17.3. The van der Waals surface area contributed by atoms with E-state index in [-0.39, 0.29) is 0 Å². The van der Waals surface area contributed by atoms with E-state index in [9.17, 15) is 9.59 Å². The summed E-state index contributed by atoms with van der Waals surface area (Å²) in [5, 5.41) is 0. The Bertz CT molecular complexity index is 429. The standard InChI is InChI=1S/2C13H25NO/c1-2-3-4-5-6-7-10-14-11-8-13(15)9-12-14;1-2-3-4-5-6-7-10-14-11-8-9-13(15)12-14/h2*2-12H2,1H3. The van der Waals surface area contributed by atoms with E-state index in [1.165, 1.54) is 83.6 Å². The second kappa shape index (κ2) is 19.0. The molecule has 0 aromatic heterocycles. The van der Waals surface area contributed by atoms with E-state index in [0.717, 1.165) is 58.4 Å². The summed E-state index contributed by atoms with van der Waals surface area (Å²) < 4.78 is 0. The minimum atomic E-state index is 0.437. The molecule has 2 rings (SSSR count). The summed E-state index contributed by atoms with van der Waals surface area (Å²) >= 11 is 0. The summed E-state index contributed by atoms with van der Waals surface area (Å²) in [7, 11) is 0. The van der Waals surface area contributed by atoms with Gasteiger partial charge in [-0.25, -0.2) is 0 Å². The van der Waals surface area contributed by atoms with Gasteiger partial charge in [0, 0.05) is 32.4 Å². The SMILES string of the molecule is CCCCCCCCN1CCC(=O)CC1.CCCCCCCCN1CCCC(=O)C1. The summed E-state index contributed by atoms with van der Waals surface area (Å²) in [6.45, 7) is 10.7. The van der Waals surface area contributed by atoms with Crippen LogP contribution in [0.3, 0.4) is 0 Å². The molecule has 0 aromatic rings. The van der Waals surface area contributed by atoms with Crippen molar-refractivity contribution < 1.29 is 9.59 Å². The number of rotatable bonds is 14. The Morgan fingerprint density at radius 2 is 1.07 bits per heavy atom. The molecule has 2 aliphatic heterocycles.